The summed E-state index contributed by atoms with van der Waals surface area (Å²) in [6.07, 6.45) is -0.279. The number of nitrogens with zero attached hydrogens (tertiary/aromatic N) is 5. The first-order valence-corrected chi connectivity index (χ1v) is 13.5. The van der Waals surface area contributed by atoms with E-state index in [9.17, 15) is 24.5 Å². The van der Waals surface area contributed by atoms with Crippen LogP contribution in [0, 0.1) is 17.0 Å². The molecule has 0 spiro atoms. The molecule has 218 valence electrons. The summed E-state index contributed by atoms with van der Waals surface area (Å²) in [5, 5.41) is 20.4. The number of anilines is 3. The van der Waals surface area contributed by atoms with Crippen LogP contribution in [0.2, 0.25) is 0 Å². The Morgan fingerprint density at radius 3 is 2.37 bits per heavy atom. The van der Waals surface area contributed by atoms with E-state index in [1.807, 2.05) is 19.1 Å². The number of rotatable bonds is 9. The topological polar surface area (TPSA) is 155 Å². The molecule has 2 N–H and O–H groups in total. The number of aromatic nitrogens is 2. The Morgan fingerprint density at radius 1 is 1.05 bits per heavy atom. The van der Waals surface area contributed by atoms with Crippen molar-refractivity contribution >= 4 is 58.0 Å². The predicted molar refractivity (Wildman–Crippen MR) is 159 cm³/mol. The Balaban J connectivity index is 1.42. The van der Waals surface area contributed by atoms with Gasteiger partial charge in [-0.25, -0.2) is 0 Å². The van der Waals surface area contributed by atoms with Crippen molar-refractivity contribution in [3.63, 3.8) is 0 Å². The number of hydrogen-bond acceptors (Lipinski definition) is 8. The number of thiocarbonyl (C=S) groups is 1. The lowest BCUT2D eigenvalue weighted by Crippen LogP contribution is -2.43. The largest absolute Gasteiger partial charge is 0.326 e. The number of carbonyl (C=O) groups excluding carboxylic acids is 3. The third kappa shape index (κ3) is 6.23. The molecule has 1 aliphatic heterocycles. The van der Waals surface area contributed by atoms with Crippen molar-refractivity contribution in [2.45, 2.75) is 25.9 Å². The standard InChI is InChI=1S/C29H25N7O6S/c1-18-8-12-21(13-9-18)35-28(39)23(16-25(37)30-20-10-14-22(15-11-20)36(40)41)34(29(35)43)17-24-27(42-32-33(24)2)31-26(38)19-6-4-3-5-7-19/h3-15,23H,16-17H2,1-2H3,(H-,30,31,32,37,38)/p+1. The van der Waals surface area contributed by atoms with Crippen molar-refractivity contribution in [3.8, 4) is 0 Å². The van der Waals surface area contributed by atoms with Crippen molar-refractivity contribution in [1.29, 1.82) is 0 Å². The lowest BCUT2D eigenvalue weighted by atomic mass is 10.1. The number of nitro benzene ring substituents is 1. The van der Waals surface area contributed by atoms with E-state index in [1.54, 1.807) is 54.4 Å². The maximum Gasteiger partial charge on any atom is 0.307 e. The molecule has 0 aliphatic carbocycles. The van der Waals surface area contributed by atoms with Gasteiger partial charge in [0.1, 0.15) is 12.6 Å². The Bertz CT molecular complexity index is 1710. The van der Waals surface area contributed by atoms with E-state index in [4.69, 9.17) is 16.7 Å². The van der Waals surface area contributed by atoms with E-state index >= 15 is 0 Å². The van der Waals surface area contributed by atoms with Crippen LogP contribution in [-0.2, 0) is 23.2 Å². The number of nitrogens with one attached hydrogen (secondary N) is 2. The zero-order valence-corrected chi connectivity index (χ0v) is 23.9. The molecule has 0 saturated carbocycles. The SMILES string of the molecule is Cc1ccc(N2C(=O)C(CC(=O)Nc3ccc([N+](=O)[O-])cc3)N(Cc3c(NC(=O)c4ccccc4)on[n+]3C)C2=S)cc1. The fraction of sp³-hybridized carbons (Fsp3) is 0.172. The first-order chi connectivity index (χ1) is 20.6. The summed E-state index contributed by atoms with van der Waals surface area (Å²) in [5.41, 5.74) is 2.56. The smallest absolute Gasteiger partial charge is 0.307 e. The Hall–Kier alpha value is -5.50. The molecule has 4 aromatic rings. The molecule has 0 radical (unpaired) electrons. The minimum absolute atomic E-state index is 0.0210. The van der Waals surface area contributed by atoms with E-state index in [-0.39, 0.29) is 29.6 Å². The fourth-order valence-corrected chi connectivity index (χ4v) is 4.93. The average molecular weight is 601 g/mol. The lowest BCUT2D eigenvalue weighted by Gasteiger charge is -2.22. The number of hydrogen-bond donors (Lipinski definition) is 2. The van der Waals surface area contributed by atoms with Crippen LogP contribution in [0.1, 0.15) is 28.0 Å². The summed E-state index contributed by atoms with van der Waals surface area (Å²) < 4.78 is 6.80. The maximum absolute atomic E-state index is 13.8. The number of aryl methyl sites for hydroxylation is 2. The van der Waals surface area contributed by atoms with Crippen LogP contribution in [-0.4, -0.2) is 44.0 Å². The van der Waals surface area contributed by atoms with Gasteiger partial charge in [0, 0.05) is 23.4 Å². The van der Waals surface area contributed by atoms with Gasteiger partial charge in [0.2, 0.25) is 11.2 Å². The van der Waals surface area contributed by atoms with Gasteiger partial charge >= 0.3 is 5.88 Å². The van der Waals surface area contributed by atoms with Crippen molar-refractivity contribution in [2.75, 3.05) is 15.5 Å². The first kappa shape index (κ1) is 29.0. The molecule has 1 saturated heterocycles. The Morgan fingerprint density at radius 2 is 1.72 bits per heavy atom. The molecule has 3 amide bonds. The molecule has 5 rings (SSSR count). The molecule has 14 heteroatoms. The van der Waals surface area contributed by atoms with Crippen molar-refractivity contribution in [2.24, 2.45) is 7.05 Å². The van der Waals surface area contributed by atoms with Gasteiger partial charge < -0.3 is 10.2 Å². The highest BCUT2D eigenvalue weighted by Gasteiger charge is 2.46. The van der Waals surface area contributed by atoms with Gasteiger partial charge in [-0.2, -0.15) is 0 Å². The molecule has 0 bridgehead atoms. The van der Waals surface area contributed by atoms with Gasteiger partial charge in [0.25, 0.3) is 23.2 Å². The average Bonchev–Trinajstić information content (AvgIpc) is 3.45. The number of benzene rings is 3. The van der Waals surface area contributed by atoms with E-state index in [0.29, 0.717) is 22.6 Å². The second-order valence-electron chi connectivity index (χ2n) is 9.78. The predicted octanol–water partition coefficient (Wildman–Crippen LogP) is 3.50. The van der Waals surface area contributed by atoms with Gasteiger partial charge in [-0.05, 0) is 60.2 Å². The van der Waals surface area contributed by atoms with Gasteiger partial charge in [-0.1, -0.05) is 35.9 Å². The third-order valence-electron chi connectivity index (χ3n) is 6.84. The van der Waals surface area contributed by atoms with E-state index in [0.717, 1.165) is 5.56 Å². The molecular weight excluding hydrogens is 574 g/mol. The minimum atomic E-state index is -1.01. The number of carbonyl (C=O) groups is 3. The number of non-ortho nitro benzene ring substituents is 1. The first-order valence-electron chi connectivity index (χ1n) is 13.1. The van der Waals surface area contributed by atoms with Crippen LogP contribution in [0.15, 0.2) is 83.4 Å². The highest BCUT2D eigenvalue weighted by molar-refractivity contribution is 7.80. The van der Waals surface area contributed by atoms with E-state index in [2.05, 4.69) is 15.9 Å². The minimum Gasteiger partial charge on any atom is -0.326 e. The maximum atomic E-state index is 13.8. The molecule has 43 heavy (non-hydrogen) atoms. The van der Waals surface area contributed by atoms with Crippen molar-refractivity contribution in [3.05, 3.63) is 106 Å². The van der Waals surface area contributed by atoms with Crippen LogP contribution in [0.5, 0.6) is 0 Å². The second-order valence-corrected chi connectivity index (χ2v) is 10.1. The Labute approximate surface area is 250 Å². The van der Waals surface area contributed by atoms with Crippen LogP contribution in [0.4, 0.5) is 22.9 Å². The summed E-state index contributed by atoms with van der Waals surface area (Å²) in [6, 6.07) is 20.1. The summed E-state index contributed by atoms with van der Waals surface area (Å²) >= 11 is 5.76. The Kier molecular flexibility index (Phi) is 8.20. The zero-order valence-electron chi connectivity index (χ0n) is 23.1. The van der Waals surface area contributed by atoms with Crippen LogP contribution >= 0.6 is 12.2 Å². The van der Waals surface area contributed by atoms with Gasteiger partial charge in [0.05, 0.1) is 17.0 Å². The van der Waals surface area contributed by atoms with Gasteiger partial charge in [0.15, 0.2) is 12.2 Å². The van der Waals surface area contributed by atoms with Crippen molar-refractivity contribution in [1.82, 2.24) is 10.2 Å². The van der Waals surface area contributed by atoms with Crippen LogP contribution < -0.4 is 20.2 Å². The second kappa shape index (κ2) is 12.2. The van der Waals surface area contributed by atoms with Crippen LogP contribution in [0.25, 0.3) is 0 Å². The summed E-state index contributed by atoms with van der Waals surface area (Å²) in [6.45, 7) is 1.90. The monoisotopic (exact) mass is 600 g/mol. The van der Waals surface area contributed by atoms with Crippen LogP contribution in [0.3, 0.4) is 0 Å². The van der Waals surface area contributed by atoms with E-state index < -0.39 is 28.7 Å². The molecule has 2 heterocycles. The number of amides is 3. The van der Waals surface area contributed by atoms with Gasteiger partial charge in [-0.3, -0.25) is 39.2 Å². The molecule has 1 atom stereocenters. The molecule has 1 unspecified atom stereocenters. The fourth-order valence-electron chi connectivity index (χ4n) is 4.55. The molecule has 1 fully saturated rings. The summed E-state index contributed by atoms with van der Waals surface area (Å²) in [5.74, 6) is -1.27. The van der Waals surface area contributed by atoms with E-state index in [1.165, 1.54) is 33.8 Å². The molecule has 3 aromatic carbocycles. The summed E-state index contributed by atoms with van der Waals surface area (Å²) in [4.78, 5) is 53.2. The van der Waals surface area contributed by atoms with Crippen molar-refractivity contribution < 1.29 is 28.5 Å². The number of nitro groups is 1. The molecule has 1 aromatic heterocycles. The molecular formula is C29H26N7O6S+. The normalized spacial score (nSPS) is 14.6. The highest BCUT2D eigenvalue weighted by atomic mass is 32.1. The lowest BCUT2D eigenvalue weighted by molar-refractivity contribution is -0.746. The molecule has 13 nitrogen and oxygen atoms in total. The van der Waals surface area contributed by atoms with Gasteiger partial charge in [-0.15, -0.1) is 0 Å². The highest BCUT2D eigenvalue weighted by Crippen LogP contribution is 2.30. The third-order valence-corrected chi connectivity index (χ3v) is 7.26. The quantitative estimate of drug-likeness (QED) is 0.127. The molecule has 1 aliphatic rings. The zero-order chi connectivity index (χ0) is 30.7. The summed E-state index contributed by atoms with van der Waals surface area (Å²) in [7, 11) is 1.62.